The standard InChI is InChI=1S/C28H33F4N9O4/c1-38-5-7-40(8-6-38)24-14-20(29)23(15-21(24)35-26(43)18-16-34-25(42)13-19(18)28(30,31)32)41-17-22(36-37-41)27(44)33-3-2-4-39-9-11-45-12-10-39/h13-18H,2-12H2,1H3,(H,33,44)(H,35,43). The number of carbonyl (C=O) groups excluding carboxylic acids is 3. The Labute approximate surface area is 255 Å². The number of alkyl halides is 3. The van der Waals surface area contributed by atoms with E-state index in [1.807, 2.05) is 7.05 Å². The molecule has 1 unspecified atom stereocenters. The average Bonchev–Trinajstić information content (AvgIpc) is 3.51. The van der Waals surface area contributed by atoms with Gasteiger partial charge in [-0.15, -0.1) is 5.10 Å². The molecule has 2 fully saturated rings. The lowest BCUT2D eigenvalue weighted by atomic mass is 9.96. The first kappa shape index (κ1) is 32.2. The number of dihydropyridines is 1. The van der Waals surface area contributed by atoms with Gasteiger partial charge in [0.25, 0.3) is 11.8 Å². The zero-order valence-corrected chi connectivity index (χ0v) is 24.5. The van der Waals surface area contributed by atoms with Crippen LogP contribution in [-0.2, 0) is 14.3 Å². The molecule has 0 saturated carbocycles. The fraction of sp³-hybridized carbons (Fsp3) is 0.500. The van der Waals surface area contributed by atoms with Crippen LogP contribution < -0.4 is 15.5 Å². The molecule has 3 amide bonds. The van der Waals surface area contributed by atoms with Crippen molar-refractivity contribution in [1.29, 1.82) is 0 Å². The highest BCUT2D eigenvalue weighted by molar-refractivity contribution is 6.11. The van der Waals surface area contributed by atoms with Gasteiger partial charge in [-0.3, -0.25) is 19.3 Å². The second-order valence-corrected chi connectivity index (χ2v) is 10.9. The molecule has 5 rings (SSSR count). The highest BCUT2D eigenvalue weighted by atomic mass is 19.4. The minimum Gasteiger partial charge on any atom is -0.379 e. The number of hydrogen-bond donors (Lipinski definition) is 2. The number of ether oxygens (including phenoxy) is 1. The number of aliphatic imine (C=N–C) groups is 1. The summed E-state index contributed by atoms with van der Waals surface area (Å²) >= 11 is 0. The first-order valence-electron chi connectivity index (χ1n) is 14.5. The molecule has 1 atom stereocenters. The lowest BCUT2D eigenvalue weighted by Gasteiger charge is -2.35. The van der Waals surface area contributed by atoms with Crippen LogP contribution in [0.1, 0.15) is 16.9 Å². The zero-order valence-electron chi connectivity index (χ0n) is 24.5. The molecule has 0 bridgehead atoms. The number of amides is 3. The molecule has 1 aromatic heterocycles. The number of nitrogens with one attached hydrogen (secondary N) is 2. The summed E-state index contributed by atoms with van der Waals surface area (Å²) in [5.41, 5.74) is -1.37. The van der Waals surface area contributed by atoms with Crippen LogP contribution in [0.15, 0.2) is 35.0 Å². The molecule has 17 heteroatoms. The fourth-order valence-electron chi connectivity index (χ4n) is 5.21. The molecule has 13 nitrogen and oxygen atoms in total. The average molecular weight is 636 g/mol. The van der Waals surface area contributed by atoms with Gasteiger partial charge in [0.05, 0.1) is 36.4 Å². The Kier molecular flexibility index (Phi) is 9.89. The van der Waals surface area contributed by atoms with E-state index >= 15 is 4.39 Å². The topological polar surface area (TPSA) is 137 Å². The van der Waals surface area contributed by atoms with Crippen LogP contribution in [0.2, 0.25) is 0 Å². The predicted octanol–water partition coefficient (Wildman–Crippen LogP) is 1.26. The highest BCUT2D eigenvalue weighted by Crippen LogP contribution is 2.36. The molecule has 0 aliphatic carbocycles. The molecule has 2 saturated heterocycles. The molecule has 0 spiro atoms. The van der Waals surface area contributed by atoms with E-state index in [-0.39, 0.29) is 28.8 Å². The number of piperazine rings is 1. The summed E-state index contributed by atoms with van der Waals surface area (Å²) in [6.07, 6.45) is -2.11. The third kappa shape index (κ3) is 7.90. The van der Waals surface area contributed by atoms with Crippen LogP contribution in [0.25, 0.3) is 5.69 Å². The van der Waals surface area contributed by atoms with Gasteiger partial charge < -0.3 is 25.2 Å². The van der Waals surface area contributed by atoms with Gasteiger partial charge in [0.15, 0.2) is 11.5 Å². The Bertz CT molecular complexity index is 1480. The maximum absolute atomic E-state index is 15.6. The number of likely N-dealkylation sites (N-methyl/N-ethyl adjacent to an activating group) is 1. The van der Waals surface area contributed by atoms with Crippen molar-refractivity contribution in [3.63, 3.8) is 0 Å². The summed E-state index contributed by atoms with van der Waals surface area (Å²) in [6.45, 7) is 6.37. The van der Waals surface area contributed by atoms with Gasteiger partial charge in [-0.05, 0) is 26.1 Å². The molecule has 0 radical (unpaired) electrons. The van der Waals surface area contributed by atoms with E-state index in [1.54, 1.807) is 4.90 Å². The van der Waals surface area contributed by atoms with Gasteiger partial charge in [-0.2, -0.15) is 13.2 Å². The predicted molar refractivity (Wildman–Crippen MR) is 155 cm³/mol. The maximum atomic E-state index is 15.6. The Morgan fingerprint density at radius 1 is 1.07 bits per heavy atom. The number of benzene rings is 1. The van der Waals surface area contributed by atoms with Gasteiger partial charge in [0, 0.05) is 64.2 Å². The Balaban J connectivity index is 1.35. The van der Waals surface area contributed by atoms with Gasteiger partial charge in [0.1, 0.15) is 11.6 Å². The van der Waals surface area contributed by atoms with E-state index in [0.717, 1.165) is 30.4 Å². The Hall–Kier alpha value is -4.22. The van der Waals surface area contributed by atoms with Crippen molar-refractivity contribution in [2.75, 3.05) is 82.8 Å². The van der Waals surface area contributed by atoms with Crippen LogP contribution in [-0.4, -0.2) is 128 Å². The summed E-state index contributed by atoms with van der Waals surface area (Å²) < 4.78 is 62.9. The van der Waals surface area contributed by atoms with Crippen LogP contribution >= 0.6 is 0 Å². The van der Waals surface area contributed by atoms with E-state index < -0.39 is 41.2 Å². The molecule has 4 heterocycles. The van der Waals surface area contributed by atoms with Gasteiger partial charge >= 0.3 is 6.18 Å². The zero-order chi connectivity index (χ0) is 32.1. The minimum atomic E-state index is -4.96. The smallest absolute Gasteiger partial charge is 0.379 e. The molecule has 2 aromatic rings. The van der Waals surface area contributed by atoms with Crippen molar-refractivity contribution < 1.29 is 36.7 Å². The minimum absolute atomic E-state index is 0.0115. The molecule has 1 aromatic carbocycles. The van der Waals surface area contributed by atoms with Crippen molar-refractivity contribution in [3.8, 4) is 5.69 Å². The maximum Gasteiger partial charge on any atom is 0.414 e. The second-order valence-electron chi connectivity index (χ2n) is 10.9. The number of anilines is 2. The summed E-state index contributed by atoms with van der Waals surface area (Å²) in [7, 11) is 1.92. The highest BCUT2D eigenvalue weighted by Gasteiger charge is 2.43. The van der Waals surface area contributed by atoms with Crippen molar-refractivity contribution >= 4 is 35.3 Å². The van der Waals surface area contributed by atoms with Crippen molar-refractivity contribution in [2.24, 2.45) is 10.9 Å². The Morgan fingerprint density at radius 2 is 1.80 bits per heavy atom. The van der Waals surface area contributed by atoms with Crippen molar-refractivity contribution in [2.45, 2.75) is 12.6 Å². The van der Waals surface area contributed by atoms with Gasteiger partial charge in [0.2, 0.25) is 5.91 Å². The van der Waals surface area contributed by atoms with E-state index in [1.165, 1.54) is 12.3 Å². The van der Waals surface area contributed by atoms with E-state index in [2.05, 4.69) is 35.7 Å². The number of halogens is 4. The summed E-state index contributed by atoms with van der Waals surface area (Å²) in [4.78, 5) is 46.9. The fourth-order valence-corrected chi connectivity index (χ4v) is 5.21. The third-order valence-electron chi connectivity index (χ3n) is 7.75. The first-order valence-corrected chi connectivity index (χ1v) is 14.5. The number of hydrogen-bond acceptors (Lipinski definition) is 9. The number of morpholine rings is 1. The van der Waals surface area contributed by atoms with E-state index in [4.69, 9.17) is 4.74 Å². The van der Waals surface area contributed by atoms with Crippen molar-refractivity contribution in [1.82, 2.24) is 30.1 Å². The summed E-state index contributed by atoms with van der Waals surface area (Å²) in [6, 6.07) is 2.38. The van der Waals surface area contributed by atoms with Crippen molar-refractivity contribution in [3.05, 3.63) is 41.5 Å². The molecule has 2 N–H and O–H groups in total. The normalized spacial score (nSPS) is 19.8. The van der Waals surface area contributed by atoms with Crippen LogP contribution in [0, 0.1) is 11.7 Å². The molecular weight excluding hydrogens is 602 g/mol. The number of carbonyl (C=O) groups is 3. The van der Waals surface area contributed by atoms with Crippen LogP contribution in [0.4, 0.5) is 28.9 Å². The third-order valence-corrected chi connectivity index (χ3v) is 7.75. The van der Waals surface area contributed by atoms with E-state index in [0.29, 0.717) is 58.6 Å². The SMILES string of the molecule is CN1CCN(c2cc(F)c(-n3cc(C(=O)NCCCN4CCOCC4)nn3)cc2NC(=O)C2C=NC(=O)C=C2C(F)(F)F)CC1. The lowest BCUT2D eigenvalue weighted by molar-refractivity contribution is -0.124. The second kappa shape index (κ2) is 13.8. The number of rotatable bonds is 9. The molecule has 45 heavy (non-hydrogen) atoms. The van der Waals surface area contributed by atoms with Gasteiger partial charge in [-0.1, -0.05) is 5.21 Å². The number of nitrogens with zero attached hydrogens (tertiary/aromatic N) is 7. The summed E-state index contributed by atoms with van der Waals surface area (Å²) in [5, 5.41) is 13.0. The molecule has 3 aliphatic rings. The van der Waals surface area contributed by atoms with Crippen LogP contribution in [0.5, 0.6) is 0 Å². The van der Waals surface area contributed by atoms with E-state index in [9.17, 15) is 27.6 Å². The molecular formula is C28H33F4N9O4. The lowest BCUT2D eigenvalue weighted by Crippen LogP contribution is -2.45. The Morgan fingerprint density at radius 3 is 2.51 bits per heavy atom. The first-order chi connectivity index (χ1) is 21.5. The van der Waals surface area contributed by atoms with Crippen LogP contribution in [0.3, 0.4) is 0 Å². The molecule has 242 valence electrons. The quantitative estimate of drug-likeness (QED) is 0.308. The largest absolute Gasteiger partial charge is 0.414 e. The monoisotopic (exact) mass is 635 g/mol. The number of aromatic nitrogens is 3. The molecule has 3 aliphatic heterocycles. The summed E-state index contributed by atoms with van der Waals surface area (Å²) in [5.74, 6) is -5.41. The van der Waals surface area contributed by atoms with Gasteiger partial charge in [-0.25, -0.2) is 14.1 Å².